The number of hydrogen-bond donors (Lipinski definition) is 0. The first-order chi connectivity index (χ1) is 20.3. The first kappa shape index (κ1) is 27.3. The third-order valence-corrected chi connectivity index (χ3v) is 7.07. The average Bonchev–Trinajstić information content (AvgIpc) is 3.05. The number of fused-ring (bicyclic) bond motifs is 1. The van der Waals surface area contributed by atoms with E-state index in [2.05, 4.69) is 47.4 Å². The Morgan fingerprint density at radius 1 is 0.524 bits per heavy atom. The van der Waals surface area contributed by atoms with Gasteiger partial charge in [-0.3, -0.25) is 9.97 Å². The molecule has 0 saturated heterocycles. The number of rotatable bonds is 6. The van der Waals surface area contributed by atoms with Gasteiger partial charge in [0, 0.05) is 23.7 Å². The van der Waals surface area contributed by atoms with Gasteiger partial charge in [-0.1, -0.05) is 114 Å². The van der Waals surface area contributed by atoms with Gasteiger partial charge in [0.15, 0.2) is 0 Å². The molecule has 3 aromatic heterocycles. The average molecular weight is 720 g/mol. The van der Waals surface area contributed by atoms with E-state index in [0.29, 0.717) is 5.82 Å². The molecule has 4 nitrogen and oxygen atoms in total. The normalized spacial score (nSPS) is 10.7. The molecule has 5 heteroatoms. The standard InChI is InChI=1S/C37H24N4.Pt/c1-2-10-26(11-3-1)28-20-22-38-35(25-28)33-16-6-7-18-34(33)41-37-32(17-9-21-40-37)29-13-8-14-30(24-29)36-31-15-5-4-12-27(31)19-23-39-36;/h1-23,25H;/q-2;+2. The van der Waals surface area contributed by atoms with Crippen molar-refractivity contribution in [2.45, 2.75) is 0 Å². The maximum atomic E-state index is 5.06. The van der Waals surface area contributed by atoms with Gasteiger partial charge in [-0.15, -0.1) is 29.8 Å². The molecule has 0 amide bonds. The molecule has 0 aliphatic rings. The van der Waals surface area contributed by atoms with Crippen molar-refractivity contribution in [3.8, 4) is 44.8 Å². The Morgan fingerprint density at radius 3 is 2.21 bits per heavy atom. The number of para-hydroxylation sites is 1. The van der Waals surface area contributed by atoms with Crippen LogP contribution in [0.15, 0.2) is 146 Å². The van der Waals surface area contributed by atoms with E-state index in [-0.39, 0.29) is 21.1 Å². The quantitative estimate of drug-likeness (QED) is 0.161. The van der Waals surface area contributed by atoms with E-state index in [0.717, 1.165) is 61.2 Å². The molecule has 7 rings (SSSR count). The summed E-state index contributed by atoms with van der Waals surface area (Å²) in [5.74, 6) is 0.624. The van der Waals surface area contributed by atoms with E-state index in [4.69, 9.17) is 15.3 Å². The van der Waals surface area contributed by atoms with E-state index in [1.807, 2.05) is 103 Å². The van der Waals surface area contributed by atoms with Crippen LogP contribution in [0.3, 0.4) is 0 Å². The van der Waals surface area contributed by atoms with E-state index >= 15 is 0 Å². The number of benzene rings is 4. The fourth-order valence-electron chi connectivity index (χ4n) is 5.08. The molecule has 3 heterocycles. The van der Waals surface area contributed by atoms with Gasteiger partial charge < -0.3 is 10.3 Å². The van der Waals surface area contributed by atoms with Crippen molar-refractivity contribution in [2.24, 2.45) is 0 Å². The minimum absolute atomic E-state index is 0. The third kappa shape index (κ3) is 5.50. The summed E-state index contributed by atoms with van der Waals surface area (Å²) in [7, 11) is 0. The predicted octanol–water partition coefficient (Wildman–Crippen LogP) is 9.83. The Kier molecular flexibility index (Phi) is 7.98. The summed E-state index contributed by atoms with van der Waals surface area (Å²) in [6.07, 6.45) is 5.47. The van der Waals surface area contributed by atoms with Crippen molar-refractivity contribution < 1.29 is 21.1 Å². The maximum absolute atomic E-state index is 5.06. The summed E-state index contributed by atoms with van der Waals surface area (Å²) in [5.41, 5.74) is 8.50. The van der Waals surface area contributed by atoms with Crippen LogP contribution >= 0.6 is 0 Å². The van der Waals surface area contributed by atoms with Crippen LogP contribution in [0, 0.1) is 6.07 Å². The van der Waals surface area contributed by atoms with Crippen LogP contribution in [0.2, 0.25) is 0 Å². The topological polar surface area (TPSA) is 52.8 Å². The van der Waals surface area contributed by atoms with E-state index in [9.17, 15) is 0 Å². The summed E-state index contributed by atoms with van der Waals surface area (Å²) in [6.45, 7) is 0. The molecular weight excluding hydrogens is 696 g/mol. The number of nitrogens with zero attached hydrogens (tertiary/aromatic N) is 4. The zero-order valence-corrected chi connectivity index (χ0v) is 24.7. The number of aromatic nitrogens is 3. The molecule has 0 radical (unpaired) electrons. The van der Waals surface area contributed by atoms with Crippen molar-refractivity contribution in [3.63, 3.8) is 0 Å². The molecule has 0 unspecified atom stereocenters. The fourth-order valence-corrected chi connectivity index (χ4v) is 5.08. The fraction of sp³-hybridized carbons (Fsp3) is 0. The van der Waals surface area contributed by atoms with Crippen LogP contribution in [0.1, 0.15) is 0 Å². The SMILES string of the molecule is [Pt+2].[c-]1c(-c2cccnc2[N-]c2ccccc2-c2cc(-c3ccccc3)ccn2)cccc1-c1nccc2ccccc12. The van der Waals surface area contributed by atoms with E-state index < -0.39 is 0 Å². The molecule has 0 fully saturated rings. The Hall–Kier alpha value is -4.92. The predicted molar refractivity (Wildman–Crippen MR) is 167 cm³/mol. The van der Waals surface area contributed by atoms with Crippen molar-refractivity contribution >= 4 is 22.3 Å². The molecule has 4 aromatic carbocycles. The minimum Gasteiger partial charge on any atom is -0.449 e. The van der Waals surface area contributed by atoms with Crippen molar-refractivity contribution in [1.82, 2.24) is 15.0 Å². The van der Waals surface area contributed by atoms with Crippen LogP contribution in [0.4, 0.5) is 11.5 Å². The van der Waals surface area contributed by atoms with Gasteiger partial charge in [-0.2, -0.15) is 0 Å². The summed E-state index contributed by atoms with van der Waals surface area (Å²) in [6, 6.07) is 46.5. The van der Waals surface area contributed by atoms with Crippen molar-refractivity contribution in [3.05, 3.63) is 157 Å². The van der Waals surface area contributed by atoms with Crippen LogP contribution in [0.25, 0.3) is 60.9 Å². The molecule has 0 aliphatic heterocycles. The molecular formula is C37H24N4Pt. The molecule has 42 heavy (non-hydrogen) atoms. The van der Waals surface area contributed by atoms with Gasteiger partial charge in [0.2, 0.25) is 0 Å². The number of pyridine rings is 3. The van der Waals surface area contributed by atoms with Gasteiger partial charge in [-0.25, -0.2) is 0 Å². The Morgan fingerprint density at radius 2 is 1.29 bits per heavy atom. The van der Waals surface area contributed by atoms with Gasteiger partial charge in [0.05, 0.1) is 5.69 Å². The van der Waals surface area contributed by atoms with Gasteiger partial charge in [-0.05, 0) is 45.8 Å². The minimum atomic E-state index is 0. The molecule has 0 saturated carbocycles. The monoisotopic (exact) mass is 719 g/mol. The molecule has 7 aromatic rings. The molecule has 0 spiro atoms. The summed E-state index contributed by atoms with van der Waals surface area (Å²) < 4.78 is 0. The Bertz CT molecular complexity index is 1980. The molecule has 0 N–H and O–H groups in total. The Labute approximate surface area is 259 Å². The summed E-state index contributed by atoms with van der Waals surface area (Å²) >= 11 is 0. The van der Waals surface area contributed by atoms with Crippen LogP contribution in [-0.4, -0.2) is 15.0 Å². The van der Waals surface area contributed by atoms with Gasteiger partial charge >= 0.3 is 21.1 Å². The molecule has 0 aliphatic carbocycles. The maximum Gasteiger partial charge on any atom is 2.00 e. The number of hydrogen-bond acceptors (Lipinski definition) is 3. The zero-order valence-electron chi connectivity index (χ0n) is 22.5. The van der Waals surface area contributed by atoms with Gasteiger partial charge in [0.25, 0.3) is 0 Å². The third-order valence-electron chi connectivity index (χ3n) is 7.07. The second kappa shape index (κ2) is 12.3. The smallest absolute Gasteiger partial charge is 0.449 e. The Balaban J connectivity index is 0.00000316. The molecule has 202 valence electrons. The van der Waals surface area contributed by atoms with Gasteiger partial charge in [0.1, 0.15) is 0 Å². The van der Waals surface area contributed by atoms with Crippen molar-refractivity contribution in [2.75, 3.05) is 0 Å². The largest absolute Gasteiger partial charge is 2.00 e. The van der Waals surface area contributed by atoms with Crippen LogP contribution in [0.5, 0.6) is 0 Å². The van der Waals surface area contributed by atoms with Crippen LogP contribution < -0.4 is 0 Å². The summed E-state index contributed by atoms with van der Waals surface area (Å²) in [5, 5.41) is 7.31. The second-order valence-corrected chi connectivity index (χ2v) is 9.66. The first-order valence-corrected chi connectivity index (χ1v) is 13.5. The van der Waals surface area contributed by atoms with E-state index in [1.165, 1.54) is 0 Å². The van der Waals surface area contributed by atoms with Crippen molar-refractivity contribution in [1.29, 1.82) is 0 Å². The molecule has 0 atom stereocenters. The molecule has 0 bridgehead atoms. The zero-order chi connectivity index (χ0) is 27.4. The van der Waals surface area contributed by atoms with E-state index in [1.54, 1.807) is 6.20 Å². The first-order valence-electron chi connectivity index (χ1n) is 13.5. The second-order valence-electron chi connectivity index (χ2n) is 9.66. The van der Waals surface area contributed by atoms with Crippen LogP contribution in [-0.2, 0) is 21.1 Å². The summed E-state index contributed by atoms with van der Waals surface area (Å²) in [4.78, 5) is 14.1.